The Morgan fingerprint density at radius 1 is 1.40 bits per heavy atom. The van der Waals surface area contributed by atoms with Gasteiger partial charge in [-0.15, -0.1) is 0 Å². The van der Waals surface area contributed by atoms with Crippen LogP contribution in [0.2, 0.25) is 0 Å². The number of nitrogens with zero attached hydrogens (tertiary/aromatic N) is 4. The molecule has 4 rings (SSSR count). The second kappa shape index (κ2) is 5.66. The van der Waals surface area contributed by atoms with Crippen molar-refractivity contribution in [2.24, 2.45) is 5.73 Å². The maximum Gasteiger partial charge on any atom is 0.256 e. The van der Waals surface area contributed by atoms with Gasteiger partial charge in [-0.05, 0) is 45.3 Å². The number of nitrogens with one attached hydrogen (secondary N) is 1. The number of aromatic amines is 1. The Balaban J connectivity index is 1.63. The molecule has 0 aliphatic heterocycles. The zero-order chi connectivity index (χ0) is 17.6. The number of nitrogens with two attached hydrogens (primary N) is 1. The molecule has 3 N–H and O–H groups in total. The molecule has 3 heterocycles. The van der Waals surface area contributed by atoms with E-state index in [9.17, 15) is 4.79 Å². The first-order valence-electron chi connectivity index (χ1n) is 8.38. The van der Waals surface area contributed by atoms with Crippen LogP contribution in [0.5, 0.6) is 0 Å². The summed E-state index contributed by atoms with van der Waals surface area (Å²) in [5.41, 5.74) is 6.75. The molecule has 3 aromatic heterocycles. The highest BCUT2D eigenvalue weighted by atomic mass is 16.5. The number of H-pyrrole nitrogens is 1. The van der Waals surface area contributed by atoms with Crippen molar-refractivity contribution in [1.29, 1.82) is 0 Å². The molecule has 0 saturated heterocycles. The molecule has 1 aliphatic carbocycles. The molecule has 1 aliphatic rings. The molecule has 0 radical (unpaired) electrons. The third kappa shape index (κ3) is 2.68. The van der Waals surface area contributed by atoms with Crippen LogP contribution < -0.4 is 11.3 Å². The Morgan fingerprint density at radius 2 is 2.20 bits per heavy atom. The van der Waals surface area contributed by atoms with Crippen molar-refractivity contribution in [1.82, 2.24) is 24.9 Å². The normalized spacial score (nSPS) is 16.8. The summed E-state index contributed by atoms with van der Waals surface area (Å²) in [5.74, 6) is 0.866. The largest absolute Gasteiger partial charge is 0.335 e. The van der Waals surface area contributed by atoms with Gasteiger partial charge in [0.2, 0.25) is 0 Å². The van der Waals surface area contributed by atoms with E-state index in [1.165, 1.54) is 0 Å². The number of hydrogen-bond donors (Lipinski definition) is 2. The Kier molecular flexibility index (Phi) is 3.57. The summed E-state index contributed by atoms with van der Waals surface area (Å²) in [6.45, 7) is 4.02. The minimum Gasteiger partial charge on any atom is -0.335 e. The number of hydrogen-bond acceptors (Lipinski definition) is 6. The van der Waals surface area contributed by atoms with E-state index in [-0.39, 0.29) is 11.6 Å². The molecule has 1 fully saturated rings. The number of pyridine rings is 1. The molecule has 0 bridgehead atoms. The van der Waals surface area contributed by atoms with E-state index < -0.39 is 5.54 Å². The quantitative estimate of drug-likeness (QED) is 0.752. The third-order valence-corrected chi connectivity index (χ3v) is 4.66. The van der Waals surface area contributed by atoms with Gasteiger partial charge in [-0.1, -0.05) is 5.16 Å². The fourth-order valence-electron chi connectivity index (χ4n) is 2.99. The van der Waals surface area contributed by atoms with Crippen LogP contribution >= 0.6 is 0 Å². The highest BCUT2D eigenvalue weighted by molar-refractivity contribution is 5.79. The lowest BCUT2D eigenvalue weighted by atomic mass is 9.77. The predicted molar refractivity (Wildman–Crippen MR) is 93.7 cm³/mol. The first-order valence-corrected chi connectivity index (χ1v) is 8.38. The fraction of sp³-hybridized carbons (Fsp3) is 0.412. The van der Waals surface area contributed by atoms with Crippen LogP contribution in [0.25, 0.3) is 23.2 Å². The van der Waals surface area contributed by atoms with Crippen molar-refractivity contribution in [3.05, 3.63) is 39.9 Å². The molecule has 0 aromatic carbocycles. The van der Waals surface area contributed by atoms with Gasteiger partial charge in [-0.25, -0.2) is 4.68 Å². The van der Waals surface area contributed by atoms with Crippen LogP contribution in [-0.4, -0.2) is 24.9 Å². The van der Waals surface area contributed by atoms with Crippen molar-refractivity contribution in [2.75, 3.05) is 0 Å². The summed E-state index contributed by atoms with van der Waals surface area (Å²) in [6.07, 6.45) is 7.84. The molecular weight excluding hydrogens is 320 g/mol. The number of aromatic nitrogens is 5. The fourth-order valence-corrected chi connectivity index (χ4v) is 2.99. The Bertz CT molecular complexity index is 1010. The van der Waals surface area contributed by atoms with Crippen LogP contribution in [-0.2, 0) is 5.54 Å². The molecule has 0 atom stereocenters. The van der Waals surface area contributed by atoms with Crippen LogP contribution in [0.3, 0.4) is 0 Å². The maximum absolute atomic E-state index is 12.3. The summed E-state index contributed by atoms with van der Waals surface area (Å²) in [7, 11) is 0. The third-order valence-electron chi connectivity index (χ3n) is 4.66. The van der Waals surface area contributed by atoms with E-state index in [0.29, 0.717) is 22.9 Å². The highest BCUT2D eigenvalue weighted by Crippen LogP contribution is 2.36. The van der Waals surface area contributed by atoms with E-state index in [4.69, 9.17) is 10.3 Å². The second-order valence-corrected chi connectivity index (χ2v) is 6.84. The Hall–Kier alpha value is -2.74. The summed E-state index contributed by atoms with van der Waals surface area (Å²) >= 11 is 0. The van der Waals surface area contributed by atoms with Crippen molar-refractivity contribution in [3.8, 4) is 0 Å². The van der Waals surface area contributed by atoms with Gasteiger partial charge < -0.3 is 15.2 Å². The zero-order valence-corrected chi connectivity index (χ0v) is 14.2. The minimum atomic E-state index is -0.461. The summed E-state index contributed by atoms with van der Waals surface area (Å²) in [5, 5.41) is 9.13. The average Bonchev–Trinajstić information content (AvgIpc) is 3.17. The monoisotopic (exact) mass is 340 g/mol. The summed E-state index contributed by atoms with van der Waals surface area (Å²) in [6, 6.07) is 1.96. The Morgan fingerprint density at radius 3 is 2.88 bits per heavy atom. The molecular formula is C17H20N6O2. The van der Waals surface area contributed by atoms with E-state index in [1.807, 2.05) is 13.8 Å². The Labute approximate surface area is 143 Å². The number of fused-ring (bicyclic) bond motifs is 1. The topological polar surface area (TPSA) is 116 Å². The molecule has 3 aromatic rings. The first kappa shape index (κ1) is 15.8. The smallest absolute Gasteiger partial charge is 0.256 e. The predicted octanol–water partition coefficient (Wildman–Crippen LogP) is 2.20. The molecule has 25 heavy (non-hydrogen) atoms. The van der Waals surface area contributed by atoms with Gasteiger partial charge >= 0.3 is 0 Å². The maximum atomic E-state index is 12.3. The van der Waals surface area contributed by atoms with Crippen molar-refractivity contribution in [3.63, 3.8) is 0 Å². The highest BCUT2D eigenvalue weighted by Gasteiger charge is 2.38. The lowest BCUT2D eigenvalue weighted by Gasteiger charge is -2.34. The van der Waals surface area contributed by atoms with E-state index in [0.717, 1.165) is 24.6 Å². The lowest BCUT2D eigenvalue weighted by Crippen LogP contribution is -2.44. The molecule has 130 valence electrons. The van der Waals surface area contributed by atoms with E-state index in [2.05, 4.69) is 20.2 Å². The summed E-state index contributed by atoms with van der Waals surface area (Å²) < 4.78 is 7.00. The van der Waals surface area contributed by atoms with Gasteiger partial charge in [0.1, 0.15) is 5.65 Å². The van der Waals surface area contributed by atoms with Crippen LogP contribution in [0.4, 0.5) is 0 Å². The summed E-state index contributed by atoms with van der Waals surface area (Å²) in [4.78, 5) is 19.5. The average molecular weight is 340 g/mol. The van der Waals surface area contributed by atoms with Crippen LogP contribution in [0.15, 0.2) is 21.6 Å². The van der Waals surface area contributed by atoms with Gasteiger partial charge in [0.15, 0.2) is 5.82 Å². The SMILES string of the molecule is CC(C)n1ncc2cc(/C=C/c3nc(C4(N)CCC4)no3)c(=O)[nH]c21. The van der Waals surface area contributed by atoms with Crippen LogP contribution in [0, 0.1) is 0 Å². The zero-order valence-electron chi connectivity index (χ0n) is 14.2. The van der Waals surface area contributed by atoms with Gasteiger partial charge in [-0.3, -0.25) is 4.79 Å². The second-order valence-electron chi connectivity index (χ2n) is 6.84. The lowest BCUT2D eigenvalue weighted by molar-refractivity contribution is 0.229. The number of rotatable bonds is 4. The standard InChI is InChI=1S/C17H20N6O2/c1-10(2)23-14-12(9-19-23)8-11(15(24)21-14)4-5-13-20-16(22-25-13)17(18)6-3-7-17/h4-5,8-10H,3,6-7,18H2,1-2H3,(H,21,24)/b5-4+. The van der Waals surface area contributed by atoms with Gasteiger partial charge in [0, 0.05) is 23.1 Å². The van der Waals surface area contributed by atoms with Crippen LogP contribution in [0.1, 0.15) is 56.4 Å². The van der Waals surface area contributed by atoms with Gasteiger partial charge in [0.05, 0.1) is 11.7 Å². The van der Waals surface area contributed by atoms with Crippen molar-refractivity contribution >= 4 is 23.2 Å². The molecule has 8 nitrogen and oxygen atoms in total. The molecule has 0 amide bonds. The molecule has 0 unspecified atom stereocenters. The van der Waals surface area contributed by atoms with E-state index in [1.54, 1.807) is 29.1 Å². The first-order chi connectivity index (χ1) is 12.0. The van der Waals surface area contributed by atoms with Crippen molar-refractivity contribution in [2.45, 2.75) is 44.7 Å². The van der Waals surface area contributed by atoms with Crippen molar-refractivity contribution < 1.29 is 4.52 Å². The molecule has 1 saturated carbocycles. The van der Waals surface area contributed by atoms with Gasteiger partial charge in [0.25, 0.3) is 11.4 Å². The molecule has 8 heteroatoms. The van der Waals surface area contributed by atoms with Gasteiger partial charge in [-0.2, -0.15) is 10.1 Å². The van der Waals surface area contributed by atoms with E-state index >= 15 is 0 Å². The minimum absolute atomic E-state index is 0.168. The molecule has 0 spiro atoms.